The first-order valence-corrected chi connectivity index (χ1v) is 6.68. The predicted octanol–water partition coefficient (Wildman–Crippen LogP) is 3.47. The first-order chi connectivity index (χ1) is 10.6. The first kappa shape index (κ1) is 15.9. The number of amides is 2. The molecule has 0 aliphatic carbocycles. The van der Waals surface area contributed by atoms with Crippen molar-refractivity contribution in [2.45, 2.75) is 6.10 Å². The molecule has 2 rings (SSSR count). The van der Waals surface area contributed by atoms with Gasteiger partial charge in [0.2, 0.25) is 0 Å². The highest BCUT2D eigenvalue weighted by Crippen LogP contribution is 2.16. The number of hydrogen-bond acceptors (Lipinski definition) is 2. The van der Waals surface area contributed by atoms with Crippen LogP contribution in [0.25, 0.3) is 0 Å². The molecule has 0 bridgehead atoms. The number of nitrogens with one attached hydrogen (secondary N) is 2. The molecule has 0 saturated heterocycles. The van der Waals surface area contributed by atoms with E-state index in [9.17, 15) is 13.6 Å². The van der Waals surface area contributed by atoms with Crippen molar-refractivity contribution in [2.24, 2.45) is 0 Å². The lowest BCUT2D eigenvalue weighted by atomic mass is 10.1. The van der Waals surface area contributed by atoms with Crippen LogP contribution < -0.4 is 10.6 Å². The van der Waals surface area contributed by atoms with Gasteiger partial charge in [-0.1, -0.05) is 30.3 Å². The maximum absolute atomic E-state index is 13.4. The summed E-state index contributed by atoms with van der Waals surface area (Å²) in [4.78, 5) is 11.8. The normalized spacial score (nSPS) is 11.8. The molecule has 0 aliphatic rings. The minimum atomic E-state index is -0.832. The van der Waals surface area contributed by atoms with Gasteiger partial charge in [-0.15, -0.1) is 0 Å². The first-order valence-electron chi connectivity index (χ1n) is 6.68. The minimum absolute atomic E-state index is 0.0902. The molecule has 6 heteroatoms. The van der Waals surface area contributed by atoms with E-state index < -0.39 is 17.7 Å². The van der Waals surface area contributed by atoms with E-state index in [0.717, 1.165) is 17.7 Å². The Morgan fingerprint density at radius 3 is 2.55 bits per heavy atom. The summed E-state index contributed by atoms with van der Waals surface area (Å²) in [5, 5.41) is 4.91. The predicted molar refractivity (Wildman–Crippen MR) is 79.6 cm³/mol. The largest absolute Gasteiger partial charge is 0.375 e. The third-order valence-corrected chi connectivity index (χ3v) is 3.08. The van der Waals surface area contributed by atoms with Crippen LogP contribution in [0.2, 0.25) is 0 Å². The van der Waals surface area contributed by atoms with Gasteiger partial charge in [0.25, 0.3) is 0 Å². The Labute approximate surface area is 127 Å². The number of carbonyl (C=O) groups excluding carboxylic acids is 1. The third kappa shape index (κ3) is 4.26. The molecular weight excluding hydrogens is 290 g/mol. The van der Waals surface area contributed by atoms with Crippen molar-refractivity contribution < 1.29 is 18.3 Å². The van der Waals surface area contributed by atoms with Crippen molar-refractivity contribution in [3.63, 3.8) is 0 Å². The van der Waals surface area contributed by atoms with E-state index in [0.29, 0.717) is 6.07 Å². The molecule has 0 saturated carbocycles. The van der Waals surface area contributed by atoms with Gasteiger partial charge in [0.1, 0.15) is 11.6 Å². The topological polar surface area (TPSA) is 50.4 Å². The van der Waals surface area contributed by atoms with Gasteiger partial charge in [0.05, 0.1) is 11.8 Å². The highest BCUT2D eigenvalue weighted by Gasteiger charge is 2.13. The lowest BCUT2D eigenvalue weighted by molar-refractivity contribution is 0.104. The molecule has 0 aromatic heterocycles. The van der Waals surface area contributed by atoms with Crippen LogP contribution in [-0.4, -0.2) is 19.7 Å². The van der Waals surface area contributed by atoms with Crippen molar-refractivity contribution in [3.8, 4) is 0 Å². The molecule has 0 heterocycles. The molecule has 0 aliphatic heterocycles. The Kier molecular flexibility index (Phi) is 5.43. The van der Waals surface area contributed by atoms with Crippen molar-refractivity contribution in [3.05, 3.63) is 65.7 Å². The highest BCUT2D eigenvalue weighted by atomic mass is 19.1. The fraction of sp³-hybridized carbons (Fsp3) is 0.188. The van der Waals surface area contributed by atoms with Crippen LogP contribution in [-0.2, 0) is 4.74 Å². The molecule has 2 amide bonds. The zero-order valence-corrected chi connectivity index (χ0v) is 12.0. The summed E-state index contributed by atoms with van der Waals surface area (Å²) in [5.41, 5.74) is 0.825. The van der Waals surface area contributed by atoms with E-state index in [1.54, 1.807) is 0 Å². The van der Waals surface area contributed by atoms with Crippen molar-refractivity contribution in [1.29, 1.82) is 0 Å². The fourth-order valence-electron chi connectivity index (χ4n) is 1.95. The van der Waals surface area contributed by atoms with Gasteiger partial charge in [-0.05, 0) is 17.7 Å². The molecule has 4 nitrogen and oxygen atoms in total. The maximum Gasteiger partial charge on any atom is 0.319 e. The summed E-state index contributed by atoms with van der Waals surface area (Å²) in [6.45, 7) is 0.217. The number of methoxy groups -OCH3 is 1. The van der Waals surface area contributed by atoms with E-state index in [2.05, 4.69) is 10.6 Å². The molecule has 0 spiro atoms. The molecule has 116 valence electrons. The molecular formula is C16H16F2N2O2. The number of urea groups is 1. The van der Waals surface area contributed by atoms with Crippen LogP contribution in [0.4, 0.5) is 19.3 Å². The molecule has 2 N–H and O–H groups in total. The molecule has 1 atom stereocenters. The smallest absolute Gasteiger partial charge is 0.319 e. The zero-order chi connectivity index (χ0) is 15.9. The second-order valence-corrected chi connectivity index (χ2v) is 4.59. The molecule has 2 aromatic rings. The molecule has 1 unspecified atom stereocenters. The van der Waals surface area contributed by atoms with Gasteiger partial charge < -0.3 is 15.4 Å². The van der Waals surface area contributed by atoms with Crippen LogP contribution in [0.15, 0.2) is 48.5 Å². The van der Waals surface area contributed by atoms with Crippen LogP contribution in [0.3, 0.4) is 0 Å². The van der Waals surface area contributed by atoms with E-state index >= 15 is 0 Å². The molecule has 2 aromatic carbocycles. The second-order valence-electron chi connectivity index (χ2n) is 4.59. The summed E-state index contributed by atoms with van der Waals surface area (Å²) in [6.07, 6.45) is -0.315. The fourth-order valence-corrected chi connectivity index (χ4v) is 1.95. The Hall–Kier alpha value is -2.47. The molecule has 22 heavy (non-hydrogen) atoms. The SMILES string of the molecule is COC(CNC(=O)Nc1ccc(F)cc1F)c1ccccc1. The molecule has 0 radical (unpaired) electrons. The summed E-state index contributed by atoms with van der Waals surface area (Å²) >= 11 is 0. The van der Waals surface area contributed by atoms with Gasteiger partial charge in [0.15, 0.2) is 0 Å². The monoisotopic (exact) mass is 306 g/mol. The van der Waals surface area contributed by atoms with Crippen LogP contribution in [0, 0.1) is 11.6 Å². The number of rotatable bonds is 5. The van der Waals surface area contributed by atoms with Gasteiger partial charge >= 0.3 is 6.03 Å². The van der Waals surface area contributed by atoms with Crippen LogP contribution in [0.1, 0.15) is 11.7 Å². The Balaban J connectivity index is 1.92. The summed E-state index contributed by atoms with van der Waals surface area (Å²) in [5.74, 6) is -1.53. The van der Waals surface area contributed by atoms with Gasteiger partial charge in [-0.2, -0.15) is 0 Å². The highest BCUT2D eigenvalue weighted by molar-refractivity contribution is 5.89. The molecule has 0 fully saturated rings. The number of benzene rings is 2. The third-order valence-electron chi connectivity index (χ3n) is 3.08. The van der Waals surface area contributed by atoms with Crippen molar-refractivity contribution >= 4 is 11.7 Å². The second kappa shape index (κ2) is 7.51. The van der Waals surface area contributed by atoms with E-state index in [4.69, 9.17) is 4.74 Å². The number of hydrogen-bond donors (Lipinski definition) is 2. The Bertz CT molecular complexity index is 635. The number of halogens is 2. The van der Waals surface area contributed by atoms with E-state index in [1.165, 1.54) is 7.11 Å². The van der Waals surface area contributed by atoms with Gasteiger partial charge in [-0.25, -0.2) is 13.6 Å². The van der Waals surface area contributed by atoms with Gasteiger partial charge in [0, 0.05) is 19.7 Å². The summed E-state index contributed by atoms with van der Waals surface area (Å²) in [6, 6.07) is 11.7. The summed E-state index contributed by atoms with van der Waals surface area (Å²) < 4.78 is 31.5. The quantitative estimate of drug-likeness (QED) is 0.888. The lowest BCUT2D eigenvalue weighted by Crippen LogP contribution is -2.33. The average molecular weight is 306 g/mol. The zero-order valence-electron chi connectivity index (χ0n) is 12.0. The minimum Gasteiger partial charge on any atom is -0.375 e. The number of ether oxygens (including phenoxy) is 1. The maximum atomic E-state index is 13.4. The van der Waals surface area contributed by atoms with Crippen LogP contribution >= 0.6 is 0 Å². The lowest BCUT2D eigenvalue weighted by Gasteiger charge is -2.17. The Morgan fingerprint density at radius 1 is 1.18 bits per heavy atom. The Morgan fingerprint density at radius 2 is 1.91 bits per heavy atom. The van der Waals surface area contributed by atoms with Crippen LogP contribution in [0.5, 0.6) is 0 Å². The van der Waals surface area contributed by atoms with Crippen molar-refractivity contribution in [2.75, 3.05) is 19.0 Å². The van der Waals surface area contributed by atoms with Gasteiger partial charge in [-0.3, -0.25) is 0 Å². The number of anilines is 1. The van der Waals surface area contributed by atoms with E-state index in [-0.39, 0.29) is 18.3 Å². The standard InChI is InChI=1S/C16H16F2N2O2/c1-22-15(11-5-3-2-4-6-11)10-19-16(21)20-14-8-7-12(17)9-13(14)18/h2-9,15H,10H2,1H3,(H2,19,20,21). The summed E-state index contributed by atoms with van der Waals surface area (Å²) in [7, 11) is 1.54. The number of carbonyl (C=O) groups is 1. The van der Waals surface area contributed by atoms with Crippen molar-refractivity contribution in [1.82, 2.24) is 5.32 Å². The average Bonchev–Trinajstić information content (AvgIpc) is 2.52. The van der Waals surface area contributed by atoms with E-state index in [1.807, 2.05) is 30.3 Å².